The van der Waals surface area contributed by atoms with Crippen molar-refractivity contribution < 1.29 is 13.2 Å². The maximum Gasteiger partial charge on any atom is 0.264 e. The topological polar surface area (TPSA) is 57.7 Å². The fourth-order valence-electron chi connectivity index (χ4n) is 4.68. The fraction of sp³-hybridized carbons (Fsp3) is 0.435. The summed E-state index contributed by atoms with van der Waals surface area (Å²) in [5.74, 6) is 0.832. The van der Waals surface area contributed by atoms with Crippen LogP contribution < -0.4 is 4.31 Å². The zero-order chi connectivity index (χ0) is 20.6. The van der Waals surface area contributed by atoms with Crippen molar-refractivity contribution in [2.75, 3.05) is 23.9 Å². The minimum absolute atomic E-state index is 0.0838. The molecule has 0 N–H and O–H groups in total. The monoisotopic (exact) mass is 412 g/mol. The average molecular weight is 413 g/mol. The predicted molar refractivity (Wildman–Crippen MR) is 115 cm³/mol. The maximum absolute atomic E-state index is 13.4. The first-order valence-corrected chi connectivity index (χ1v) is 11.8. The molecule has 2 aliphatic heterocycles. The molecule has 2 atom stereocenters. The molecular formula is C23H28N2O3S. The molecule has 0 spiro atoms. The normalized spacial score (nSPS) is 22.3. The van der Waals surface area contributed by atoms with Crippen LogP contribution in [0.4, 0.5) is 5.69 Å². The van der Waals surface area contributed by atoms with Gasteiger partial charge in [0.25, 0.3) is 15.9 Å². The number of nitrogens with zero attached hydrogens (tertiary/aromatic N) is 2. The van der Waals surface area contributed by atoms with Gasteiger partial charge < -0.3 is 4.90 Å². The predicted octanol–water partition coefficient (Wildman–Crippen LogP) is 3.95. The Labute approximate surface area is 173 Å². The van der Waals surface area contributed by atoms with Crippen molar-refractivity contribution in [1.29, 1.82) is 0 Å². The van der Waals surface area contributed by atoms with E-state index in [1.54, 1.807) is 24.3 Å². The average Bonchev–Trinajstić information content (AvgIpc) is 2.72. The molecule has 154 valence electrons. The van der Waals surface area contributed by atoms with E-state index in [9.17, 15) is 13.2 Å². The second-order valence-corrected chi connectivity index (χ2v) is 10.4. The van der Waals surface area contributed by atoms with Crippen LogP contribution >= 0.6 is 0 Å². The zero-order valence-corrected chi connectivity index (χ0v) is 17.9. The number of aryl methyl sites for hydroxylation is 1. The van der Waals surface area contributed by atoms with Crippen molar-refractivity contribution in [3.05, 3.63) is 59.7 Å². The molecule has 0 bridgehead atoms. The molecule has 2 aliphatic rings. The first kappa shape index (κ1) is 20.0. The molecule has 6 heteroatoms. The van der Waals surface area contributed by atoms with Crippen LogP contribution in [0.25, 0.3) is 0 Å². The van der Waals surface area contributed by atoms with E-state index in [-0.39, 0.29) is 10.8 Å². The lowest BCUT2D eigenvalue weighted by Crippen LogP contribution is -2.42. The molecule has 1 fully saturated rings. The summed E-state index contributed by atoms with van der Waals surface area (Å²) in [7, 11) is -3.72. The number of likely N-dealkylation sites (tertiary alicyclic amines) is 1. The third-order valence-corrected chi connectivity index (χ3v) is 7.70. The summed E-state index contributed by atoms with van der Waals surface area (Å²) in [6.07, 6.45) is 2.79. The van der Waals surface area contributed by atoms with Gasteiger partial charge in [0.2, 0.25) is 0 Å². The van der Waals surface area contributed by atoms with E-state index in [1.165, 1.54) is 4.31 Å². The van der Waals surface area contributed by atoms with Gasteiger partial charge in [0.15, 0.2) is 0 Å². The summed E-state index contributed by atoms with van der Waals surface area (Å²) in [6.45, 7) is 6.22. The molecule has 4 rings (SSSR count). The van der Waals surface area contributed by atoms with Gasteiger partial charge in [-0.2, -0.15) is 0 Å². The van der Waals surface area contributed by atoms with Gasteiger partial charge in [-0.1, -0.05) is 38.1 Å². The Hall–Kier alpha value is -2.34. The van der Waals surface area contributed by atoms with Crippen molar-refractivity contribution in [2.45, 2.75) is 38.0 Å². The SMILES string of the molecule is C[C@@H]1C[C@@H](C)CN(C(=O)c2cccc(S(=O)(=O)N3CCCc4ccccc43)c2)C1. The molecule has 29 heavy (non-hydrogen) atoms. The standard InChI is InChI=1S/C23H28N2O3S/c1-17-13-18(2)16-24(15-17)23(26)20-8-5-10-21(14-20)29(27,28)25-12-6-9-19-7-3-4-11-22(19)25/h3-5,7-8,10-11,14,17-18H,6,9,12-13,15-16H2,1-2H3/t17-,18-/m1/s1. The Kier molecular flexibility index (Phi) is 5.38. The van der Waals surface area contributed by atoms with Gasteiger partial charge in [0, 0.05) is 25.2 Å². The minimum atomic E-state index is -3.72. The maximum atomic E-state index is 13.4. The first-order chi connectivity index (χ1) is 13.9. The summed E-state index contributed by atoms with van der Waals surface area (Å²) in [4.78, 5) is 15.1. The highest BCUT2D eigenvalue weighted by molar-refractivity contribution is 7.92. The van der Waals surface area contributed by atoms with Crippen molar-refractivity contribution >= 4 is 21.6 Å². The Balaban J connectivity index is 1.64. The number of carbonyl (C=O) groups excluding carboxylic acids is 1. The second-order valence-electron chi connectivity index (χ2n) is 8.49. The molecule has 1 saturated heterocycles. The molecular weight excluding hydrogens is 384 g/mol. The van der Waals surface area contributed by atoms with Gasteiger partial charge in [-0.15, -0.1) is 0 Å². The molecule has 0 radical (unpaired) electrons. The summed E-state index contributed by atoms with van der Waals surface area (Å²) in [5.41, 5.74) is 2.23. The number of para-hydroxylation sites is 1. The highest BCUT2D eigenvalue weighted by Crippen LogP contribution is 2.32. The van der Waals surface area contributed by atoms with Crippen LogP contribution in [0.1, 0.15) is 42.6 Å². The highest BCUT2D eigenvalue weighted by atomic mass is 32.2. The summed E-state index contributed by atoms with van der Waals surface area (Å²) >= 11 is 0. The van der Waals surface area contributed by atoms with Gasteiger partial charge in [0.1, 0.15) is 0 Å². The number of hydrogen-bond acceptors (Lipinski definition) is 3. The smallest absolute Gasteiger partial charge is 0.264 e. The number of rotatable bonds is 3. The van der Waals surface area contributed by atoms with Crippen molar-refractivity contribution in [3.63, 3.8) is 0 Å². The summed E-state index contributed by atoms with van der Waals surface area (Å²) in [5, 5.41) is 0. The molecule has 0 saturated carbocycles. The first-order valence-electron chi connectivity index (χ1n) is 10.4. The number of amides is 1. The molecule has 2 heterocycles. The van der Waals surface area contributed by atoms with Crippen LogP contribution in [0.15, 0.2) is 53.4 Å². The summed E-state index contributed by atoms with van der Waals surface area (Å²) < 4.78 is 28.3. The van der Waals surface area contributed by atoms with Crippen LogP contribution in [0, 0.1) is 11.8 Å². The third kappa shape index (κ3) is 3.90. The Morgan fingerprint density at radius 1 is 1.00 bits per heavy atom. The second kappa shape index (κ2) is 7.82. The number of benzene rings is 2. The number of fused-ring (bicyclic) bond motifs is 1. The Morgan fingerprint density at radius 3 is 2.48 bits per heavy atom. The largest absolute Gasteiger partial charge is 0.338 e. The molecule has 0 unspecified atom stereocenters. The molecule has 5 nitrogen and oxygen atoms in total. The van der Waals surface area contributed by atoms with Crippen molar-refractivity contribution in [1.82, 2.24) is 4.90 Å². The van der Waals surface area contributed by atoms with E-state index in [0.29, 0.717) is 23.9 Å². The minimum Gasteiger partial charge on any atom is -0.338 e. The van der Waals surface area contributed by atoms with E-state index < -0.39 is 10.0 Å². The van der Waals surface area contributed by atoms with E-state index in [1.807, 2.05) is 29.2 Å². The Morgan fingerprint density at radius 2 is 1.72 bits per heavy atom. The van der Waals surface area contributed by atoms with Gasteiger partial charge in [-0.05, 0) is 60.9 Å². The number of piperidine rings is 1. The van der Waals surface area contributed by atoms with Crippen LogP contribution in [0.3, 0.4) is 0 Å². The quantitative estimate of drug-likeness (QED) is 0.767. The lowest BCUT2D eigenvalue weighted by molar-refractivity contribution is 0.0623. The Bertz CT molecular complexity index is 1010. The molecule has 1 amide bonds. The molecule has 2 aromatic carbocycles. The number of carbonyl (C=O) groups is 1. The molecule has 2 aromatic rings. The van der Waals surface area contributed by atoms with Gasteiger partial charge >= 0.3 is 0 Å². The number of anilines is 1. The van der Waals surface area contributed by atoms with Crippen molar-refractivity contribution in [2.24, 2.45) is 11.8 Å². The van der Waals surface area contributed by atoms with Crippen LogP contribution in [0.2, 0.25) is 0 Å². The van der Waals surface area contributed by atoms with Crippen LogP contribution in [-0.2, 0) is 16.4 Å². The van der Waals surface area contributed by atoms with Crippen LogP contribution in [0.5, 0.6) is 0 Å². The van der Waals surface area contributed by atoms with E-state index in [2.05, 4.69) is 13.8 Å². The lowest BCUT2D eigenvalue weighted by atomic mass is 9.91. The number of sulfonamides is 1. The van der Waals surface area contributed by atoms with E-state index >= 15 is 0 Å². The summed E-state index contributed by atoms with van der Waals surface area (Å²) in [6, 6.07) is 14.2. The molecule has 0 aromatic heterocycles. The van der Waals surface area contributed by atoms with E-state index in [4.69, 9.17) is 0 Å². The van der Waals surface area contributed by atoms with Gasteiger partial charge in [0.05, 0.1) is 10.6 Å². The van der Waals surface area contributed by atoms with Gasteiger partial charge in [-0.25, -0.2) is 8.42 Å². The van der Waals surface area contributed by atoms with Crippen LogP contribution in [-0.4, -0.2) is 38.9 Å². The zero-order valence-electron chi connectivity index (χ0n) is 17.0. The highest BCUT2D eigenvalue weighted by Gasteiger charge is 2.31. The van der Waals surface area contributed by atoms with E-state index in [0.717, 1.165) is 43.6 Å². The third-order valence-electron chi connectivity index (χ3n) is 5.89. The fourth-order valence-corrected chi connectivity index (χ4v) is 6.26. The molecule has 0 aliphatic carbocycles. The lowest BCUT2D eigenvalue weighted by Gasteiger charge is -2.35. The van der Waals surface area contributed by atoms with Gasteiger partial charge in [-0.3, -0.25) is 9.10 Å². The van der Waals surface area contributed by atoms with Crippen molar-refractivity contribution in [3.8, 4) is 0 Å². The number of hydrogen-bond donors (Lipinski definition) is 0.